The Kier molecular flexibility index (Phi) is 3.49. The molecule has 2 fully saturated rings. The zero-order valence-electron chi connectivity index (χ0n) is 10.9. The number of hydrogen-bond donors (Lipinski definition) is 1. The Morgan fingerprint density at radius 2 is 1.94 bits per heavy atom. The van der Waals surface area contributed by atoms with Crippen LogP contribution >= 0.6 is 0 Å². The lowest BCUT2D eigenvalue weighted by Crippen LogP contribution is -2.34. The van der Waals surface area contributed by atoms with E-state index in [4.69, 9.17) is 18.9 Å². The Balaban J connectivity index is 1.82. The molecule has 100 valence electrons. The van der Waals surface area contributed by atoms with Crippen LogP contribution in [0.3, 0.4) is 0 Å². The van der Waals surface area contributed by atoms with Gasteiger partial charge in [0.1, 0.15) is 6.10 Å². The van der Waals surface area contributed by atoms with E-state index in [1.54, 1.807) is 13.8 Å². The molecule has 1 N–H and O–H groups in total. The van der Waals surface area contributed by atoms with E-state index in [0.717, 1.165) is 12.8 Å². The maximum absolute atomic E-state index is 9.55. The standard InChI is InChI=1S/C12H22O5/c1-11(2,13)17-10-6-5-8(15-10)9-7-14-12(3,4)16-9/h8-10,13H,5-7H2,1-4H3. The topological polar surface area (TPSA) is 57.2 Å². The van der Waals surface area contributed by atoms with Crippen molar-refractivity contribution in [2.45, 2.75) is 70.6 Å². The number of aliphatic hydroxyl groups is 1. The van der Waals surface area contributed by atoms with Gasteiger partial charge in [0, 0.05) is 6.42 Å². The molecule has 0 amide bonds. The van der Waals surface area contributed by atoms with E-state index in [1.807, 2.05) is 13.8 Å². The lowest BCUT2D eigenvalue weighted by molar-refractivity contribution is -0.274. The van der Waals surface area contributed by atoms with Crippen molar-refractivity contribution < 1.29 is 24.1 Å². The van der Waals surface area contributed by atoms with Crippen molar-refractivity contribution in [3.63, 3.8) is 0 Å². The average molecular weight is 246 g/mol. The van der Waals surface area contributed by atoms with E-state index in [1.165, 1.54) is 0 Å². The Morgan fingerprint density at radius 3 is 2.47 bits per heavy atom. The largest absolute Gasteiger partial charge is 0.366 e. The summed E-state index contributed by atoms with van der Waals surface area (Å²) in [5.41, 5.74) is 0. The van der Waals surface area contributed by atoms with Crippen molar-refractivity contribution in [2.75, 3.05) is 6.61 Å². The van der Waals surface area contributed by atoms with E-state index in [-0.39, 0.29) is 18.5 Å². The van der Waals surface area contributed by atoms with Crippen molar-refractivity contribution in [1.82, 2.24) is 0 Å². The second kappa shape index (κ2) is 4.48. The van der Waals surface area contributed by atoms with Crippen LogP contribution in [0.4, 0.5) is 0 Å². The third-order valence-corrected chi connectivity index (χ3v) is 2.88. The molecule has 2 aliphatic rings. The van der Waals surface area contributed by atoms with Crippen LogP contribution in [0.2, 0.25) is 0 Å². The molecule has 0 radical (unpaired) electrons. The first-order valence-corrected chi connectivity index (χ1v) is 6.13. The van der Waals surface area contributed by atoms with Crippen LogP contribution in [0, 0.1) is 0 Å². The highest BCUT2D eigenvalue weighted by Crippen LogP contribution is 2.32. The molecule has 5 heteroatoms. The predicted octanol–water partition coefficient (Wildman–Crippen LogP) is 1.39. The summed E-state index contributed by atoms with van der Waals surface area (Å²) in [6.45, 7) is 7.54. The van der Waals surface area contributed by atoms with Crippen LogP contribution in [0.5, 0.6) is 0 Å². The summed E-state index contributed by atoms with van der Waals surface area (Å²) in [5, 5.41) is 9.55. The van der Waals surface area contributed by atoms with Gasteiger partial charge < -0.3 is 24.1 Å². The Morgan fingerprint density at radius 1 is 1.24 bits per heavy atom. The monoisotopic (exact) mass is 246 g/mol. The minimum atomic E-state index is -1.16. The van der Waals surface area contributed by atoms with Gasteiger partial charge in [-0.1, -0.05) is 0 Å². The highest BCUT2D eigenvalue weighted by atomic mass is 16.8. The third kappa shape index (κ3) is 3.63. The summed E-state index contributed by atoms with van der Waals surface area (Å²) < 4.78 is 22.4. The van der Waals surface area contributed by atoms with Gasteiger partial charge in [0.15, 0.2) is 17.9 Å². The SMILES string of the molecule is CC(C)(O)OC1CCC(C2COC(C)(C)O2)O1. The first kappa shape index (κ1) is 13.2. The summed E-state index contributed by atoms with van der Waals surface area (Å²) in [7, 11) is 0. The second-order valence-electron chi connectivity index (χ2n) is 5.61. The molecule has 3 atom stereocenters. The van der Waals surface area contributed by atoms with Gasteiger partial charge in [0.2, 0.25) is 0 Å². The molecule has 0 aromatic heterocycles. The van der Waals surface area contributed by atoms with Crippen LogP contribution in [0.15, 0.2) is 0 Å². The molecular weight excluding hydrogens is 224 g/mol. The molecule has 0 aromatic rings. The molecule has 5 nitrogen and oxygen atoms in total. The summed E-state index contributed by atoms with van der Waals surface area (Å²) in [6, 6.07) is 0. The van der Waals surface area contributed by atoms with E-state index in [9.17, 15) is 5.11 Å². The van der Waals surface area contributed by atoms with Crippen molar-refractivity contribution in [3.8, 4) is 0 Å². The maximum atomic E-state index is 9.55. The van der Waals surface area contributed by atoms with Crippen LogP contribution in [-0.2, 0) is 18.9 Å². The molecule has 2 saturated heterocycles. The molecular formula is C12H22O5. The maximum Gasteiger partial charge on any atom is 0.163 e. The Bertz CT molecular complexity index is 271. The van der Waals surface area contributed by atoms with Crippen LogP contribution < -0.4 is 0 Å². The lowest BCUT2D eigenvalue weighted by atomic mass is 10.1. The van der Waals surface area contributed by atoms with Gasteiger partial charge in [0.25, 0.3) is 0 Å². The van der Waals surface area contributed by atoms with Crippen molar-refractivity contribution in [2.24, 2.45) is 0 Å². The zero-order valence-corrected chi connectivity index (χ0v) is 10.9. The number of rotatable bonds is 3. The molecule has 0 spiro atoms. The highest BCUT2D eigenvalue weighted by molar-refractivity contribution is 4.82. The minimum Gasteiger partial charge on any atom is -0.366 e. The molecule has 0 aromatic carbocycles. The molecule has 0 bridgehead atoms. The fourth-order valence-corrected chi connectivity index (χ4v) is 2.21. The van der Waals surface area contributed by atoms with Gasteiger partial charge in [-0.05, 0) is 34.1 Å². The molecule has 17 heavy (non-hydrogen) atoms. The smallest absolute Gasteiger partial charge is 0.163 e. The molecule has 3 unspecified atom stereocenters. The van der Waals surface area contributed by atoms with Crippen molar-refractivity contribution >= 4 is 0 Å². The normalized spacial score (nSPS) is 37.6. The fraction of sp³-hybridized carbons (Fsp3) is 1.00. The quantitative estimate of drug-likeness (QED) is 0.763. The van der Waals surface area contributed by atoms with Crippen LogP contribution in [-0.4, -0.2) is 41.8 Å². The Labute approximate surface area is 102 Å². The van der Waals surface area contributed by atoms with E-state index < -0.39 is 11.6 Å². The second-order valence-corrected chi connectivity index (χ2v) is 5.61. The van der Waals surface area contributed by atoms with Gasteiger partial charge in [-0.3, -0.25) is 0 Å². The van der Waals surface area contributed by atoms with Crippen LogP contribution in [0.25, 0.3) is 0 Å². The van der Waals surface area contributed by atoms with Gasteiger partial charge >= 0.3 is 0 Å². The van der Waals surface area contributed by atoms with Gasteiger partial charge in [0.05, 0.1) is 12.7 Å². The zero-order chi connectivity index (χ0) is 12.7. The average Bonchev–Trinajstić information content (AvgIpc) is 2.69. The molecule has 0 aliphatic carbocycles. The van der Waals surface area contributed by atoms with E-state index in [0.29, 0.717) is 6.61 Å². The first-order chi connectivity index (χ1) is 7.75. The van der Waals surface area contributed by atoms with Crippen molar-refractivity contribution in [1.29, 1.82) is 0 Å². The van der Waals surface area contributed by atoms with Crippen LogP contribution in [0.1, 0.15) is 40.5 Å². The number of hydrogen-bond acceptors (Lipinski definition) is 5. The van der Waals surface area contributed by atoms with Gasteiger partial charge in [-0.25, -0.2) is 0 Å². The molecule has 2 aliphatic heterocycles. The summed E-state index contributed by atoms with van der Waals surface area (Å²) in [6.07, 6.45) is 1.23. The fourth-order valence-electron chi connectivity index (χ4n) is 2.21. The van der Waals surface area contributed by atoms with E-state index >= 15 is 0 Å². The Hall–Kier alpha value is -0.200. The summed E-state index contributed by atoms with van der Waals surface area (Å²) in [4.78, 5) is 0. The highest BCUT2D eigenvalue weighted by Gasteiger charge is 2.42. The summed E-state index contributed by atoms with van der Waals surface area (Å²) in [5.74, 6) is -1.69. The molecule has 2 heterocycles. The minimum absolute atomic E-state index is 0.0101. The van der Waals surface area contributed by atoms with E-state index in [2.05, 4.69) is 0 Å². The molecule has 2 rings (SSSR count). The third-order valence-electron chi connectivity index (χ3n) is 2.88. The van der Waals surface area contributed by atoms with Crippen molar-refractivity contribution in [3.05, 3.63) is 0 Å². The summed E-state index contributed by atoms with van der Waals surface area (Å²) >= 11 is 0. The van der Waals surface area contributed by atoms with Gasteiger partial charge in [-0.15, -0.1) is 0 Å². The first-order valence-electron chi connectivity index (χ1n) is 6.13. The predicted molar refractivity (Wildman–Crippen MR) is 60.2 cm³/mol. The lowest BCUT2D eigenvalue weighted by Gasteiger charge is -2.25. The van der Waals surface area contributed by atoms with Gasteiger partial charge in [-0.2, -0.15) is 0 Å². The molecule has 0 saturated carbocycles. The number of ether oxygens (including phenoxy) is 4.